The van der Waals surface area contributed by atoms with Crippen molar-refractivity contribution < 1.29 is 14.2 Å². The van der Waals surface area contributed by atoms with Crippen LogP contribution in [0.25, 0.3) is 0 Å². The van der Waals surface area contributed by atoms with Crippen molar-refractivity contribution in [2.75, 3.05) is 13.7 Å². The van der Waals surface area contributed by atoms with Crippen molar-refractivity contribution in [1.82, 2.24) is 0 Å². The number of aliphatic hydroxyl groups is 1. The number of aliphatic hydroxyl groups excluding tert-OH is 1. The average Bonchev–Trinajstić information content (AvgIpc) is 2.16. The van der Waals surface area contributed by atoms with E-state index in [0.717, 1.165) is 0 Å². The van der Waals surface area contributed by atoms with Gasteiger partial charge in [-0.1, -0.05) is 11.6 Å². The monoisotopic (exact) mass is 233 g/mol. The maximum Gasteiger partial charge on any atom is 0.134 e. The average molecular weight is 234 g/mol. The summed E-state index contributed by atoms with van der Waals surface area (Å²) >= 11 is 5.82. The van der Waals surface area contributed by atoms with E-state index in [1.165, 1.54) is 19.2 Å². The minimum Gasteiger partial charge on any atom is -0.497 e. The zero-order chi connectivity index (χ0) is 11.4. The second-order valence-corrected chi connectivity index (χ2v) is 3.51. The van der Waals surface area contributed by atoms with E-state index in [2.05, 4.69) is 0 Å². The molecule has 0 radical (unpaired) electrons. The molecule has 0 aliphatic heterocycles. The summed E-state index contributed by atoms with van der Waals surface area (Å²) in [6.07, 6.45) is -0.711. The standard InChI is InChI=1S/C10H13ClFNO2/c1-15-6-4-7(11)10(8(12)5-6)9(14)2-3-13/h4-5,9,14H,2-3,13H2,1H3. The van der Waals surface area contributed by atoms with Crippen LogP contribution in [0.2, 0.25) is 5.02 Å². The number of methoxy groups -OCH3 is 1. The molecule has 0 fully saturated rings. The molecule has 1 aromatic rings. The highest BCUT2D eigenvalue weighted by Crippen LogP contribution is 2.31. The van der Waals surface area contributed by atoms with Gasteiger partial charge in [-0.3, -0.25) is 0 Å². The van der Waals surface area contributed by atoms with Crippen molar-refractivity contribution >= 4 is 11.6 Å². The van der Waals surface area contributed by atoms with Crippen LogP contribution in [0.3, 0.4) is 0 Å². The molecule has 0 aliphatic carbocycles. The topological polar surface area (TPSA) is 55.5 Å². The Hall–Kier alpha value is -0.840. The first-order valence-corrected chi connectivity index (χ1v) is 4.89. The Morgan fingerprint density at radius 1 is 1.60 bits per heavy atom. The molecular weight excluding hydrogens is 221 g/mol. The molecule has 1 atom stereocenters. The number of hydrogen-bond acceptors (Lipinski definition) is 3. The van der Waals surface area contributed by atoms with E-state index in [-0.39, 0.29) is 23.6 Å². The highest BCUT2D eigenvalue weighted by Gasteiger charge is 2.17. The van der Waals surface area contributed by atoms with Crippen LogP contribution >= 0.6 is 11.6 Å². The molecule has 5 heteroatoms. The van der Waals surface area contributed by atoms with Crippen molar-refractivity contribution in [1.29, 1.82) is 0 Å². The molecule has 0 amide bonds. The SMILES string of the molecule is COc1cc(F)c(C(O)CCN)c(Cl)c1. The number of ether oxygens (including phenoxy) is 1. The lowest BCUT2D eigenvalue weighted by molar-refractivity contribution is 0.165. The van der Waals surface area contributed by atoms with E-state index < -0.39 is 11.9 Å². The van der Waals surface area contributed by atoms with Gasteiger partial charge in [0, 0.05) is 11.6 Å². The maximum atomic E-state index is 13.5. The van der Waals surface area contributed by atoms with E-state index in [1.807, 2.05) is 0 Å². The van der Waals surface area contributed by atoms with Crippen LogP contribution in [-0.2, 0) is 0 Å². The van der Waals surface area contributed by atoms with Crippen molar-refractivity contribution in [3.8, 4) is 5.75 Å². The molecule has 0 bridgehead atoms. The lowest BCUT2D eigenvalue weighted by Gasteiger charge is -2.13. The number of rotatable bonds is 4. The third-order valence-corrected chi connectivity index (χ3v) is 2.37. The lowest BCUT2D eigenvalue weighted by Crippen LogP contribution is -2.09. The zero-order valence-corrected chi connectivity index (χ0v) is 9.09. The number of hydrogen-bond donors (Lipinski definition) is 2. The van der Waals surface area contributed by atoms with Gasteiger partial charge in [-0.15, -0.1) is 0 Å². The lowest BCUT2D eigenvalue weighted by atomic mass is 10.1. The van der Waals surface area contributed by atoms with Crippen LogP contribution in [0.15, 0.2) is 12.1 Å². The Morgan fingerprint density at radius 2 is 2.27 bits per heavy atom. The Labute approximate surface area is 92.6 Å². The quantitative estimate of drug-likeness (QED) is 0.835. The van der Waals surface area contributed by atoms with Gasteiger partial charge in [-0.05, 0) is 19.0 Å². The van der Waals surface area contributed by atoms with Gasteiger partial charge in [0.05, 0.1) is 18.2 Å². The van der Waals surface area contributed by atoms with Crippen LogP contribution in [0, 0.1) is 5.82 Å². The molecule has 3 nitrogen and oxygen atoms in total. The van der Waals surface area contributed by atoms with Gasteiger partial charge in [-0.2, -0.15) is 0 Å². The van der Waals surface area contributed by atoms with E-state index >= 15 is 0 Å². The number of halogens is 2. The molecule has 0 saturated carbocycles. The van der Waals surface area contributed by atoms with Crippen LogP contribution in [0.4, 0.5) is 4.39 Å². The molecule has 1 unspecified atom stereocenters. The van der Waals surface area contributed by atoms with Crippen LogP contribution in [0.1, 0.15) is 18.1 Å². The van der Waals surface area contributed by atoms with Gasteiger partial charge in [0.15, 0.2) is 0 Å². The molecule has 0 aliphatic rings. The largest absolute Gasteiger partial charge is 0.497 e. The molecule has 0 aromatic heterocycles. The summed E-state index contributed by atoms with van der Waals surface area (Å²) in [6.45, 7) is 0.267. The molecule has 0 heterocycles. The molecule has 0 saturated heterocycles. The third-order valence-electron chi connectivity index (χ3n) is 2.06. The van der Waals surface area contributed by atoms with E-state index in [0.29, 0.717) is 5.75 Å². The van der Waals surface area contributed by atoms with Gasteiger partial charge < -0.3 is 15.6 Å². The first-order valence-electron chi connectivity index (χ1n) is 4.51. The molecule has 84 valence electrons. The molecule has 1 aromatic carbocycles. The normalized spacial score (nSPS) is 12.6. The Balaban J connectivity index is 3.07. The minimum absolute atomic E-state index is 0.0721. The summed E-state index contributed by atoms with van der Waals surface area (Å²) in [7, 11) is 1.42. The Bertz CT molecular complexity index is 323. The van der Waals surface area contributed by atoms with Gasteiger partial charge >= 0.3 is 0 Å². The summed E-state index contributed by atoms with van der Waals surface area (Å²) in [5.74, 6) is -0.263. The fraction of sp³-hybridized carbons (Fsp3) is 0.400. The van der Waals surface area contributed by atoms with E-state index in [1.54, 1.807) is 0 Å². The second-order valence-electron chi connectivity index (χ2n) is 3.10. The van der Waals surface area contributed by atoms with Gasteiger partial charge in [0.2, 0.25) is 0 Å². The van der Waals surface area contributed by atoms with Crippen molar-refractivity contribution in [2.24, 2.45) is 5.73 Å². The van der Waals surface area contributed by atoms with Crippen LogP contribution in [-0.4, -0.2) is 18.8 Å². The summed E-state index contributed by atoms with van der Waals surface area (Å²) in [5, 5.41) is 9.75. The summed E-state index contributed by atoms with van der Waals surface area (Å²) < 4.78 is 18.3. The molecule has 0 spiro atoms. The second kappa shape index (κ2) is 5.30. The fourth-order valence-electron chi connectivity index (χ4n) is 1.30. The number of nitrogens with two attached hydrogens (primary N) is 1. The summed E-state index contributed by atoms with van der Waals surface area (Å²) in [4.78, 5) is 0. The van der Waals surface area contributed by atoms with Crippen LogP contribution < -0.4 is 10.5 Å². The van der Waals surface area contributed by atoms with Crippen molar-refractivity contribution in [3.05, 3.63) is 28.5 Å². The third kappa shape index (κ3) is 2.81. The smallest absolute Gasteiger partial charge is 0.134 e. The van der Waals surface area contributed by atoms with E-state index in [9.17, 15) is 9.50 Å². The summed E-state index contributed by atoms with van der Waals surface area (Å²) in [5.41, 5.74) is 5.34. The molecular formula is C10H13ClFNO2. The van der Waals surface area contributed by atoms with E-state index in [4.69, 9.17) is 22.1 Å². The fourth-order valence-corrected chi connectivity index (χ4v) is 1.62. The predicted octanol–water partition coefficient (Wildman–Crippen LogP) is 1.87. The maximum absolute atomic E-state index is 13.5. The molecule has 15 heavy (non-hydrogen) atoms. The molecule has 3 N–H and O–H groups in total. The van der Waals surface area contributed by atoms with Crippen molar-refractivity contribution in [2.45, 2.75) is 12.5 Å². The Kier molecular flexibility index (Phi) is 4.32. The first-order chi connectivity index (χ1) is 7.10. The Morgan fingerprint density at radius 3 is 2.73 bits per heavy atom. The minimum atomic E-state index is -0.978. The molecule has 1 rings (SSSR count). The van der Waals surface area contributed by atoms with Gasteiger partial charge in [0.25, 0.3) is 0 Å². The summed E-state index contributed by atoms with van der Waals surface area (Å²) in [6, 6.07) is 2.64. The zero-order valence-electron chi connectivity index (χ0n) is 8.34. The first kappa shape index (κ1) is 12.2. The predicted molar refractivity (Wildman–Crippen MR) is 56.6 cm³/mol. The van der Waals surface area contributed by atoms with Crippen molar-refractivity contribution in [3.63, 3.8) is 0 Å². The van der Waals surface area contributed by atoms with Crippen LogP contribution in [0.5, 0.6) is 5.75 Å². The van der Waals surface area contributed by atoms with Gasteiger partial charge in [-0.25, -0.2) is 4.39 Å². The highest BCUT2D eigenvalue weighted by molar-refractivity contribution is 6.31. The number of benzene rings is 1. The highest BCUT2D eigenvalue weighted by atomic mass is 35.5. The van der Waals surface area contributed by atoms with Gasteiger partial charge in [0.1, 0.15) is 11.6 Å².